The molecule has 1 radical (unpaired) electrons. The fraction of sp³-hybridized carbons (Fsp3) is 0.900. The van der Waals surface area contributed by atoms with Crippen molar-refractivity contribution < 1.29 is 32.1 Å². The zero-order chi connectivity index (χ0) is 10.1. The molecule has 0 aliphatic heterocycles. The number of hydrogen-bond donors (Lipinski definition) is 2. The van der Waals surface area contributed by atoms with Crippen LogP contribution in [0, 0.1) is 0 Å². The van der Waals surface area contributed by atoms with Gasteiger partial charge in [0, 0.05) is 17.1 Å². The summed E-state index contributed by atoms with van der Waals surface area (Å²) >= 11 is 0. The Morgan fingerprint density at radius 2 is 1.64 bits per heavy atom. The summed E-state index contributed by atoms with van der Waals surface area (Å²) in [5.74, 6) is -1.10. The maximum Gasteiger partial charge on any atom is 0.332 e. The van der Waals surface area contributed by atoms with Gasteiger partial charge in [-0.15, -0.1) is 0 Å². The second-order valence-corrected chi connectivity index (χ2v) is 3.41. The summed E-state index contributed by atoms with van der Waals surface area (Å²) in [7, 11) is 0. The van der Waals surface area contributed by atoms with E-state index in [0.29, 0.717) is 6.42 Å². The van der Waals surface area contributed by atoms with Crippen LogP contribution in [0.1, 0.15) is 51.9 Å². The first kappa shape index (κ1) is 16.4. The summed E-state index contributed by atoms with van der Waals surface area (Å²) in [5, 5.41) is 17.3. The molecular formula is C10H20MnO3. The SMILES string of the molecule is CCCCCCCCC(O)C(=O)O.[Mn]. The van der Waals surface area contributed by atoms with Crippen LogP contribution in [0.15, 0.2) is 0 Å². The molecule has 4 heteroatoms. The number of aliphatic carboxylic acids is 1. The molecule has 0 bridgehead atoms. The number of aliphatic hydroxyl groups excluding tert-OH is 1. The van der Waals surface area contributed by atoms with Gasteiger partial charge in [-0.05, 0) is 6.42 Å². The third-order valence-corrected chi connectivity index (χ3v) is 2.12. The van der Waals surface area contributed by atoms with Gasteiger partial charge in [0.1, 0.15) is 0 Å². The van der Waals surface area contributed by atoms with Gasteiger partial charge in [-0.3, -0.25) is 0 Å². The van der Waals surface area contributed by atoms with E-state index in [0.717, 1.165) is 19.3 Å². The molecule has 0 heterocycles. The third kappa shape index (κ3) is 10.0. The van der Waals surface area contributed by atoms with E-state index in [2.05, 4.69) is 6.92 Å². The van der Waals surface area contributed by atoms with Crippen LogP contribution in [0.5, 0.6) is 0 Å². The summed E-state index contributed by atoms with van der Waals surface area (Å²) in [4.78, 5) is 10.2. The van der Waals surface area contributed by atoms with E-state index in [1.807, 2.05) is 0 Å². The zero-order valence-electron chi connectivity index (χ0n) is 8.71. The van der Waals surface area contributed by atoms with Crippen LogP contribution in [0.4, 0.5) is 0 Å². The monoisotopic (exact) mass is 243 g/mol. The van der Waals surface area contributed by atoms with Gasteiger partial charge in [0.25, 0.3) is 0 Å². The van der Waals surface area contributed by atoms with Crippen LogP contribution in [0.3, 0.4) is 0 Å². The minimum Gasteiger partial charge on any atom is -0.479 e. The standard InChI is InChI=1S/C10H20O3.Mn/c1-2-3-4-5-6-7-8-9(11)10(12)13;/h9,11H,2-8H2,1H3,(H,12,13);. The van der Waals surface area contributed by atoms with Gasteiger partial charge in [-0.1, -0.05) is 45.4 Å². The average molecular weight is 243 g/mol. The summed E-state index contributed by atoms with van der Waals surface area (Å²) in [6.07, 6.45) is 5.92. The van der Waals surface area contributed by atoms with Crippen LogP contribution in [-0.2, 0) is 21.9 Å². The predicted octanol–water partition coefficient (Wildman–Crippen LogP) is 2.18. The van der Waals surface area contributed by atoms with Gasteiger partial charge in [-0.2, -0.15) is 0 Å². The molecular weight excluding hydrogens is 223 g/mol. The number of carboxylic acid groups (broad SMARTS) is 1. The van der Waals surface area contributed by atoms with Crippen molar-refractivity contribution in [1.82, 2.24) is 0 Å². The fourth-order valence-electron chi connectivity index (χ4n) is 1.24. The van der Waals surface area contributed by atoms with Gasteiger partial charge < -0.3 is 10.2 Å². The van der Waals surface area contributed by atoms with Crippen molar-refractivity contribution in [3.8, 4) is 0 Å². The minimum atomic E-state index is -1.16. The molecule has 0 fully saturated rings. The molecule has 1 atom stereocenters. The number of aliphatic hydroxyl groups is 1. The molecule has 3 nitrogen and oxygen atoms in total. The van der Waals surface area contributed by atoms with Crippen LogP contribution >= 0.6 is 0 Å². The van der Waals surface area contributed by atoms with E-state index < -0.39 is 12.1 Å². The van der Waals surface area contributed by atoms with E-state index in [4.69, 9.17) is 10.2 Å². The van der Waals surface area contributed by atoms with Gasteiger partial charge >= 0.3 is 5.97 Å². The summed E-state index contributed by atoms with van der Waals surface area (Å²) in [6.45, 7) is 2.16. The fourth-order valence-corrected chi connectivity index (χ4v) is 1.24. The number of carbonyl (C=O) groups is 1. The van der Waals surface area contributed by atoms with Gasteiger partial charge in [0.05, 0.1) is 0 Å². The number of hydrogen-bond acceptors (Lipinski definition) is 2. The summed E-state index contributed by atoms with van der Waals surface area (Å²) in [6, 6.07) is 0. The molecule has 0 amide bonds. The zero-order valence-corrected chi connectivity index (χ0v) is 9.89. The van der Waals surface area contributed by atoms with Crippen LogP contribution < -0.4 is 0 Å². The summed E-state index contributed by atoms with van der Waals surface area (Å²) in [5.41, 5.74) is 0. The molecule has 85 valence electrons. The first-order valence-electron chi connectivity index (χ1n) is 5.09. The van der Waals surface area contributed by atoms with Crippen LogP contribution in [-0.4, -0.2) is 22.3 Å². The van der Waals surface area contributed by atoms with E-state index in [1.165, 1.54) is 19.3 Å². The Hall–Kier alpha value is -0.0505. The average Bonchev–Trinajstić information content (AvgIpc) is 2.10. The maximum absolute atomic E-state index is 10.2. The topological polar surface area (TPSA) is 57.5 Å². The number of unbranched alkanes of at least 4 members (excludes halogenated alkanes) is 5. The van der Waals surface area contributed by atoms with Crippen molar-refractivity contribution in [1.29, 1.82) is 0 Å². The largest absolute Gasteiger partial charge is 0.479 e. The second kappa shape index (κ2) is 11.0. The predicted molar refractivity (Wildman–Crippen MR) is 51.6 cm³/mol. The van der Waals surface area contributed by atoms with Gasteiger partial charge in [0.15, 0.2) is 6.10 Å². The molecule has 14 heavy (non-hydrogen) atoms. The Kier molecular flexibility index (Phi) is 12.9. The van der Waals surface area contributed by atoms with Crippen molar-refractivity contribution in [2.45, 2.75) is 58.0 Å². The molecule has 0 aliphatic carbocycles. The van der Waals surface area contributed by atoms with Crippen LogP contribution in [0.25, 0.3) is 0 Å². The van der Waals surface area contributed by atoms with Crippen molar-refractivity contribution >= 4 is 5.97 Å². The molecule has 0 saturated heterocycles. The number of rotatable bonds is 8. The quantitative estimate of drug-likeness (QED) is 0.507. The summed E-state index contributed by atoms with van der Waals surface area (Å²) < 4.78 is 0. The molecule has 0 aliphatic rings. The Balaban J connectivity index is 0. The van der Waals surface area contributed by atoms with E-state index in [-0.39, 0.29) is 17.1 Å². The Morgan fingerprint density at radius 1 is 1.14 bits per heavy atom. The molecule has 1 unspecified atom stereocenters. The van der Waals surface area contributed by atoms with Gasteiger partial charge in [0.2, 0.25) is 0 Å². The van der Waals surface area contributed by atoms with Crippen molar-refractivity contribution in [2.24, 2.45) is 0 Å². The second-order valence-electron chi connectivity index (χ2n) is 3.41. The molecule has 0 rings (SSSR count). The van der Waals surface area contributed by atoms with E-state index in [1.54, 1.807) is 0 Å². The van der Waals surface area contributed by atoms with Crippen molar-refractivity contribution in [2.75, 3.05) is 0 Å². The molecule has 0 aromatic rings. The third-order valence-electron chi connectivity index (χ3n) is 2.12. The first-order chi connectivity index (χ1) is 6.18. The van der Waals surface area contributed by atoms with E-state index in [9.17, 15) is 4.79 Å². The Bertz CT molecular complexity index is 139. The Labute approximate surface area is 96.4 Å². The number of carboxylic acids is 1. The minimum absolute atomic E-state index is 0. The molecule has 0 saturated carbocycles. The van der Waals surface area contributed by atoms with Crippen LogP contribution in [0.2, 0.25) is 0 Å². The molecule has 0 aromatic carbocycles. The van der Waals surface area contributed by atoms with Crippen molar-refractivity contribution in [3.05, 3.63) is 0 Å². The van der Waals surface area contributed by atoms with Gasteiger partial charge in [-0.25, -0.2) is 4.79 Å². The maximum atomic E-state index is 10.2. The smallest absolute Gasteiger partial charge is 0.332 e. The normalized spacial score (nSPS) is 11.9. The first-order valence-corrected chi connectivity index (χ1v) is 5.09. The molecule has 2 N–H and O–H groups in total. The van der Waals surface area contributed by atoms with Crippen molar-refractivity contribution in [3.63, 3.8) is 0 Å². The Morgan fingerprint density at radius 3 is 2.14 bits per heavy atom. The van der Waals surface area contributed by atoms with E-state index >= 15 is 0 Å². The molecule has 0 spiro atoms. The molecule has 0 aromatic heterocycles.